The summed E-state index contributed by atoms with van der Waals surface area (Å²) in [5.41, 5.74) is 1.36. The second kappa shape index (κ2) is 6.62. The number of hydrogen-bond acceptors (Lipinski definition) is 2. The van der Waals surface area contributed by atoms with Crippen molar-refractivity contribution in [3.8, 4) is 0 Å². The maximum Gasteiger partial charge on any atom is 0.0521 e. The Morgan fingerprint density at radius 1 is 1.47 bits per heavy atom. The molecular weight excluding hydrogens is 186 g/mol. The first-order valence-electron chi connectivity index (χ1n) is 5.98. The molecule has 0 saturated heterocycles. The molecule has 0 aliphatic heterocycles. The van der Waals surface area contributed by atoms with Gasteiger partial charge in [-0.2, -0.15) is 5.10 Å². The third-order valence-corrected chi connectivity index (χ3v) is 2.47. The van der Waals surface area contributed by atoms with Crippen LogP contribution in [0.3, 0.4) is 0 Å². The molecule has 1 rings (SSSR count). The molecule has 1 atom stereocenters. The molecule has 86 valence electrons. The average Bonchev–Trinajstić information content (AvgIpc) is 2.63. The van der Waals surface area contributed by atoms with Gasteiger partial charge in [0.05, 0.1) is 6.20 Å². The van der Waals surface area contributed by atoms with Crippen molar-refractivity contribution in [3.63, 3.8) is 0 Å². The zero-order valence-corrected chi connectivity index (χ0v) is 10.2. The molecule has 1 heterocycles. The van der Waals surface area contributed by atoms with Gasteiger partial charge in [-0.3, -0.25) is 4.68 Å². The molecule has 1 aromatic heterocycles. The van der Waals surface area contributed by atoms with Gasteiger partial charge in [-0.05, 0) is 37.4 Å². The van der Waals surface area contributed by atoms with E-state index >= 15 is 0 Å². The molecular formula is C12H23N3. The molecule has 0 aromatic carbocycles. The number of nitrogens with one attached hydrogen (secondary N) is 1. The third-order valence-electron chi connectivity index (χ3n) is 2.47. The van der Waals surface area contributed by atoms with Crippen LogP contribution in [0.5, 0.6) is 0 Å². The summed E-state index contributed by atoms with van der Waals surface area (Å²) in [5.74, 6) is 0.684. The lowest BCUT2D eigenvalue weighted by molar-refractivity contribution is 0.521. The summed E-state index contributed by atoms with van der Waals surface area (Å²) < 4.78 is 2.04. The van der Waals surface area contributed by atoms with Crippen LogP contribution in [0.1, 0.15) is 32.8 Å². The van der Waals surface area contributed by atoms with Crippen LogP contribution >= 0.6 is 0 Å². The summed E-state index contributed by atoms with van der Waals surface area (Å²) >= 11 is 0. The summed E-state index contributed by atoms with van der Waals surface area (Å²) in [6, 6.07) is 0. The largest absolute Gasteiger partial charge is 0.317 e. The molecule has 0 fully saturated rings. The highest BCUT2D eigenvalue weighted by Crippen LogP contribution is 2.07. The van der Waals surface area contributed by atoms with Crippen molar-refractivity contribution >= 4 is 0 Å². The van der Waals surface area contributed by atoms with Crippen molar-refractivity contribution in [2.24, 2.45) is 5.92 Å². The van der Waals surface area contributed by atoms with Gasteiger partial charge in [-0.15, -0.1) is 0 Å². The van der Waals surface area contributed by atoms with Gasteiger partial charge in [-0.1, -0.05) is 20.8 Å². The minimum absolute atomic E-state index is 0.684. The molecule has 0 radical (unpaired) electrons. The van der Waals surface area contributed by atoms with Crippen LogP contribution in [0.2, 0.25) is 0 Å². The summed E-state index contributed by atoms with van der Waals surface area (Å²) in [6.07, 6.45) is 6.44. The summed E-state index contributed by atoms with van der Waals surface area (Å²) in [4.78, 5) is 0. The minimum atomic E-state index is 0.684. The zero-order chi connectivity index (χ0) is 11.1. The lowest BCUT2D eigenvalue weighted by Gasteiger charge is -2.09. The molecule has 3 nitrogen and oxygen atoms in total. The van der Waals surface area contributed by atoms with E-state index in [1.165, 1.54) is 5.56 Å². The number of aryl methyl sites for hydroxylation is 1. The topological polar surface area (TPSA) is 29.9 Å². The smallest absolute Gasteiger partial charge is 0.0521 e. The van der Waals surface area contributed by atoms with Crippen LogP contribution in [0, 0.1) is 5.92 Å². The number of nitrogens with zero attached hydrogens (tertiary/aromatic N) is 2. The van der Waals surface area contributed by atoms with Crippen molar-refractivity contribution < 1.29 is 0 Å². The predicted octanol–water partition coefficient (Wildman–Crippen LogP) is 2.08. The molecule has 0 aliphatic carbocycles. The van der Waals surface area contributed by atoms with E-state index in [9.17, 15) is 0 Å². The Labute approximate surface area is 92.9 Å². The van der Waals surface area contributed by atoms with Gasteiger partial charge < -0.3 is 5.32 Å². The Hall–Kier alpha value is -0.830. The number of rotatable bonds is 7. The fourth-order valence-corrected chi connectivity index (χ4v) is 1.73. The molecule has 0 amide bonds. The van der Waals surface area contributed by atoms with Crippen LogP contribution in [0.15, 0.2) is 12.4 Å². The van der Waals surface area contributed by atoms with E-state index < -0.39 is 0 Å². The van der Waals surface area contributed by atoms with E-state index in [4.69, 9.17) is 0 Å². The van der Waals surface area contributed by atoms with Crippen molar-refractivity contribution in [1.29, 1.82) is 0 Å². The predicted molar refractivity (Wildman–Crippen MR) is 63.9 cm³/mol. The molecule has 0 bridgehead atoms. The van der Waals surface area contributed by atoms with Crippen molar-refractivity contribution in [2.45, 2.75) is 40.2 Å². The molecule has 3 heteroatoms. The van der Waals surface area contributed by atoms with Gasteiger partial charge in [0, 0.05) is 12.7 Å². The lowest BCUT2D eigenvalue weighted by atomic mass is 10.0. The van der Waals surface area contributed by atoms with Crippen LogP contribution < -0.4 is 5.32 Å². The maximum atomic E-state index is 4.34. The highest BCUT2D eigenvalue weighted by Gasteiger charge is 2.04. The molecule has 0 aliphatic rings. The van der Waals surface area contributed by atoms with Crippen LogP contribution in [0.4, 0.5) is 0 Å². The Morgan fingerprint density at radius 2 is 2.27 bits per heavy atom. The van der Waals surface area contributed by atoms with Gasteiger partial charge in [-0.25, -0.2) is 0 Å². The third kappa shape index (κ3) is 4.47. The van der Waals surface area contributed by atoms with Gasteiger partial charge >= 0.3 is 0 Å². The van der Waals surface area contributed by atoms with Crippen LogP contribution in [-0.4, -0.2) is 22.9 Å². The van der Waals surface area contributed by atoms with Crippen molar-refractivity contribution in [3.05, 3.63) is 18.0 Å². The van der Waals surface area contributed by atoms with Crippen molar-refractivity contribution in [2.75, 3.05) is 13.1 Å². The van der Waals surface area contributed by atoms with Crippen molar-refractivity contribution in [1.82, 2.24) is 15.1 Å². The summed E-state index contributed by atoms with van der Waals surface area (Å²) in [5, 5.41) is 7.71. The molecule has 15 heavy (non-hydrogen) atoms. The zero-order valence-electron chi connectivity index (χ0n) is 10.2. The highest BCUT2D eigenvalue weighted by molar-refractivity contribution is 5.04. The van der Waals surface area contributed by atoms with E-state index in [1.54, 1.807) is 0 Å². The maximum absolute atomic E-state index is 4.34. The molecule has 1 unspecified atom stereocenters. The quantitative estimate of drug-likeness (QED) is 0.745. The number of hydrogen-bond donors (Lipinski definition) is 1. The SMILES string of the molecule is CCCn1cc(CC(C)CNCC)cn1. The van der Waals surface area contributed by atoms with E-state index in [0.717, 1.165) is 32.5 Å². The summed E-state index contributed by atoms with van der Waals surface area (Å²) in [7, 11) is 0. The van der Waals surface area contributed by atoms with Gasteiger partial charge in [0.15, 0.2) is 0 Å². The first-order chi connectivity index (χ1) is 7.26. The second-order valence-electron chi connectivity index (χ2n) is 4.23. The Morgan fingerprint density at radius 3 is 2.93 bits per heavy atom. The molecule has 1 N–H and O–H groups in total. The molecule has 0 spiro atoms. The number of aromatic nitrogens is 2. The second-order valence-corrected chi connectivity index (χ2v) is 4.23. The Kier molecular flexibility index (Phi) is 5.40. The van der Waals surface area contributed by atoms with Gasteiger partial charge in [0.25, 0.3) is 0 Å². The average molecular weight is 209 g/mol. The van der Waals surface area contributed by atoms with E-state index in [2.05, 4.69) is 37.4 Å². The normalized spacial score (nSPS) is 13.0. The Balaban J connectivity index is 2.35. The van der Waals surface area contributed by atoms with Gasteiger partial charge in [0.2, 0.25) is 0 Å². The van der Waals surface area contributed by atoms with E-state index in [-0.39, 0.29) is 0 Å². The molecule has 0 saturated carbocycles. The Bertz CT molecular complexity index is 268. The first kappa shape index (κ1) is 12.2. The summed E-state index contributed by atoms with van der Waals surface area (Å²) in [6.45, 7) is 9.78. The van der Waals surface area contributed by atoms with Gasteiger partial charge in [0.1, 0.15) is 0 Å². The lowest BCUT2D eigenvalue weighted by Crippen LogP contribution is -2.21. The fraction of sp³-hybridized carbons (Fsp3) is 0.750. The van der Waals surface area contributed by atoms with Crippen LogP contribution in [-0.2, 0) is 13.0 Å². The standard InChI is InChI=1S/C12H23N3/c1-4-6-15-10-12(9-14-15)7-11(3)8-13-5-2/h9-11,13H,4-8H2,1-3H3. The van der Waals surface area contributed by atoms with E-state index in [1.807, 2.05) is 10.9 Å². The molecule has 1 aromatic rings. The monoisotopic (exact) mass is 209 g/mol. The first-order valence-corrected chi connectivity index (χ1v) is 5.98. The minimum Gasteiger partial charge on any atom is -0.317 e. The van der Waals surface area contributed by atoms with E-state index in [0.29, 0.717) is 5.92 Å². The fourth-order valence-electron chi connectivity index (χ4n) is 1.73. The highest BCUT2D eigenvalue weighted by atomic mass is 15.3. The van der Waals surface area contributed by atoms with Crippen LogP contribution in [0.25, 0.3) is 0 Å².